The first-order chi connectivity index (χ1) is 15.0. The summed E-state index contributed by atoms with van der Waals surface area (Å²) in [6, 6.07) is 17.4. The number of hydrogen-bond acceptors (Lipinski definition) is 6. The summed E-state index contributed by atoms with van der Waals surface area (Å²) >= 11 is 3.26. The lowest BCUT2D eigenvalue weighted by atomic mass is 10.2. The van der Waals surface area contributed by atoms with Gasteiger partial charge in [0.2, 0.25) is 0 Å². The number of carbonyl (C=O) groups excluding carboxylic acids is 1. The number of fused-ring (bicyclic) bond motifs is 1. The maximum atomic E-state index is 13.6. The van der Waals surface area contributed by atoms with E-state index in [2.05, 4.69) is 18.8 Å². The number of para-hydroxylation sites is 1. The van der Waals surface area contributed by atoms with Gasteiger partial charge in [-0.05, 0) is 54.1 Å². The van der Waals surface area contributed by atoms with Crippen LogP contribution in [0.1, 0.15) is 29.8 Å². The number of aromatic nitrogens is 2. The molecule has 0 unspecified atom stereocenters. The molecule has 4 rings (SSSR count). The van der Waals surface area contributed by atoms with Crippen LogP contribution in [0.3, 0.4) is 0 Å². The fourth-order valence-corrected chi connectivity index (χ4v) is 5.01. The molecule has 0 aliphatic rings. The molecule has 2 aromatic carbocycles. The third-order valence-electron chi connectivity index (χ3n) is 4.63. The van der Waals surface area contributed by atoms with E-state index in [0.29, 0.717) is 28.2 Å². The van der Waals surface area contributed by atoms with Crippen LogP contribution in [0, 0.1) is 0 Å². The van der Waals surface area contributed by atoms with Gasteiger partial charge >= 0.3 is 0 Å². The van der Waals surface area contributed by atoms with Gasteiger partial charge in [0, 0.05) is 28.1 Å². The average Bonchev–Trinajstić information content (AvgIpc) is 3.22. The number of methoxy groups -OCH3 is 1. The number of benzene rings is 2. The fourth-order valence-electron chi connectivity index (χ4n) is 3.19. The molecule has 0 N–H and O–H groups in total. The first-order valence-electron chi connectivity index (χ1n) is 9.96. The van der Waals surface area contributed by atoms with Crippen molar-refractivity contribution < 1.29 is 9.53 Å². The molecule has 0 aliphatic carbocycles. The predicted octanol–water partition coefficient (Wildman–Crippen LogP) is 6.05. The van der Waals surface area contributed by atoms with E-state index in [0.717, 1.165) is 20.7 Å². The zero-order valence-electron chi connectivity index (χ0n) is 17.6. The van der Waals surface area contributed by atoms with E-state index in [1.54, 1.807) is 36.2 Å². The number of carbonyl (C=O) groups is 1. The molecule has 158 valence electrons. The van der Waals surface area contributed by atoms with Crippen molar-refractivity contribution in [2.75, 3.05) is 12.0 Å². The fraction of sp³-hybridized carbons (Fsp3) is 0.208. The molecule has 0 atom stereocenters. The van der Waals surface area contributed by atoms with Crippen LogP contribution in [0.5, 0.6) is 5.75 Å². The second-order valence-corrected chi connectivity index (χ2v) is 9.90. The molecule has 0 spiro atoms. The van der Waals surface area contributed by atoms with Crippen LogP contribution in [0.2, 0.25) is 0 Å². The molecule has 2 heterocycles. The number of nitrogens with zero attached hydrogens (tertiary/aromatic N) is 3. The lowest BCUT2D eigenvalue weighted by molar-refractivity contribution is 0.0985. The van der Waals surface area contributed by atoms with E-state index < -0.39 is 0 Å². The summed E-state index contributed by atoms with van der Waals surface area (Å²) in [5, 5.41) is 1.13. The van der Waals surface area contributed by atoms with Crippen molar-refractivity contribution in [2.24, 2.45) is 0 Å². The lowest BCUT2D eigenvalue weighted by Crippen LogP contribution is -2.30. The highest BCUT2D eigenvalue weighted by Gasteiger charge is 2.23. The molecule has 0 fully saturated rings. The van der Waals surface area contributed by atoms with E-state index >= 15 is 0 Å². The molecule has 4 aromatic rings. The van der Waals surface area contributed by atoms with Crippen molar-refractivity contribution in [3.8, 4) is 5.75 Å². The SMILES string of the molecule is COc1cccc2sc(N(Cc3ccncc3)C(=O)c3ccc(SC(C)C)cc3)nc12. The molecule has 0 saturated heterocycles. The van der Waals surface area contributed by atoms with Crippen LogP contribution in [0.15, 0.2) is 71.9 Å². The second kappa shape index (κ2) is 9.49. The number of pyridine rings is 1. The number of thioether (sulfide) groups is 1. The summed E-state index contributed by atoms with van der Waals surface area (Å²) in [4.78, 5) is 25.3. The first-order valence-corrected chi connectivity index (χ1v) is 11.7. The Morgan fingerprint density at radius 1 is 1.10 bits per heavy atom. The Morgan fingerprint density at radius 3 is 2.52 bits per heavy atom. The molecular weight excluding hydrogens is 426 g/mol. The van der Waals surface area contributed by atoms with Crippen LogP contribution in [0.25, 0.3) is 10.2 Å². The van der Waals surface area contributed by atoms with Crippen LogP contribution in [-0.2, 0) is 6.54 Å². The normalized spacial score (nSPS) is 11.1. The van der Waals surface area contributed by atoms with Gasteiger partial charge < -0.3 is 4.74 Å². The summed E-state index contributed by atoms with van der Waals surface area (Å²) in [6.45, 7) is 4.72. The van der Waals surface area contributed by atoms with Crippen molar-refractivity contribution in [2.45, 2.75) is 30.5 Å². The molecular formula is C24H23N3O2S2. The Labute approximate surface area is 190 Å². The maximum absolute atomic E-state index is 13.6. The maximum Gasteiger partial charge on any atom is 0.260 e. The standard InChI is InChI=1S/C24H23N3O2S2/c1-16(2)30-19-9-7-18(8-10-19)23(28)27(15-17-11-13-25-14-12-17)24-26-22-20(29-3)5-4-6-21(22)31-24/h4-14,16H,15H2,1-3H3. The van der Waals surface area contributed by atoms with E-state index in [1.165, 1.54) is 11.3 Å². The second-order valence-electron chi connectivity index (χ2n) is 7.24. The van der Waals surface area contributed by atoms with E-state index in [9.17, 15) is 4.79 Å². The van der Waals surface area contributed by atoms with Crippen LogP contribution in [0.4, 0.5) is 5.13 Å². The molecule has 5 nitrogen and oxygen atoms in total. The molecule has 2 aromatic heterocycles. The summed E-state index contributed by atoms with van der Waals surface area (Å²) in [7, 11) is 1.63. The van der Waals surface area contributed by atoms with Gasteiger partial charge in [-0.15, -0.1) is 11.8 Å². The molecule has 0 radical (unpaired) electrons. The molecule has 0 bridgehead atoms. The van der Waals surface area contributed by atoms with Crippen LogP contribution >= 0.6 is 23.1 Å². The number of thiazole rings is 1. The Bertz CT molecular complexity index is 1170. The third-order valence-corrected chi connectivity index (χ3v) is 6.69. The minimum absolute atomic E-state index is 0.0871. The van der Waals surface area contributed by atoms with Gasteiger partial charge in [-0.25, -0.2) is 4.98 Å². The van der Waals surface area contributed by atoms with E-state index in [-0.39, 0.29) is 5.91 Å². The van der Waals surface area contributed by atoms with Crippen LogP contribution in [-0.4, -0.2) is 28.2 Å². The van der Waals surface area contributed by atoms with Crippen LogP contribution < -0.4 is 9.64 Å². The number of ether oxygens (including phenoxy) is 1. The van der Waals surface area contributed by atoms with Crippen molar-refractivity contribution in [3.63, 3.8) is 0 Å². The summed E-state index contributed by atoms with van der Waals surface area (Å²) in [6.07, 6.45) is 3.47. The van der Waals surface area contributed by atoms with Gasteiger partial charge in [-0.1, -0.05) is 31.3 Å². The van der Waals surface area contributed by atoms with E-state index in [1.807, 2.05) is 54.6 Å². The third kappa shape index (κ3) is 4.89. The highest BCUT2D eigenvalue weighted by Crippen LogP contribution is 2.35. The summed E-state index contributed by atoms with van der Waals surface area (Å²) < 4.78 is 6.44. The molecule has 0 aliphatic heterocycles. The van der Waals surface area contributed by atoms with Crippen molar-refractivity contribution >= 4 is 44.4 Å². The van der Waals surface area contributed by atoms with E-state index in [4.69, 9.17) is 9.72 Å². The number of anilines is 1. The highest BCUT2D eigenvalue weighted by molar-refractivity contribution is 7.99. The lowest BCUT2D eigenvalue weighted by Gasteiger charge is -2.20. The van der Waals surface area contributed by atoms with Crippen molar-refractivity contribution in [1.82, 2.24) is 9.97 Å². The Kier molecular flexibility index (Phi) is 6.53. The predicted molar refractivity (Wildman–Crippen MR) is 128 cm³/mol. The van der Waals surface area contributed by atoms with Gasteiger partial charge in [0.1, 0.15) is 11.3 Å². The molecule has 0 saturated carbocycles. The average molecular weight is 450 g/mol. The highest BCUT2D eigenvalue weighted by atomic mass is 32.2. The summed E-state index contributed by atoms with van der Waals surface area (Å²) in [5.41, 5.74) is 2.39. The topological polar surface area (TPSA) is 55.3 Å². The first kappa shape index (κ1) is 21.3. The van der Waals surface area contributed by atoms with Gasteiger partial charge in [0.25, 0.3) is 5.91 Å². The number of amides is 1. The van der Waals surface area contributed by atoms with Gasteiger partial charge in [-0.3, -0.25) is 14.7 Å². The minimum atomic E-state index is -0.0871. The molecule has 1 amide bonds. The zero-order chi connectivity index (χ0) is 21.8. The largest absolute Gasteiger partial charge is 0.494 e. The Balaban J connectivity index is 1.71. The molecule has 31 heavy (non-hydrogen) atoms. The quantitative estimate of drug-likeness (QED) is 0.322. The smallest absolute Gasteiger partial charge is 0.260 e. The number of rotatable bonds is 7. The van der Waals surface area contributed by atoms with Gasteiger partial charge in [0.05, 0.1) is 18.4 Å². The number of hydrogen-bond donors (Lipinski definition) is 0. The minimum Gasteiger partial charge on any atom is -0.494 e. The Morgan fingerprint density at radius 2 is 1.84 bits per heavy atom. The van der Waals surface area contributed by atoms with Gasteiger partial charge in [-0.2, -0.15) is 0 Å². The summed E-state index contributed by atoms with van der Waals surface area (Å²) in [5.74, 6) is 0.613. The van der Waals surface area contributed by atoms with Gasteiger partial charge in [0.15, 0.2) is 5.13 Å². The zero-order valence-corrected chi connectivity index (χ0v) is 19.2. The van der Waals surface area contributed by atoms with Crippen molar-refractivity contribution in [3.05, 3.63) is 78.1 Å². The monoisotopic (exact) mass is 449 g/mol. The Hall–Kier alpha value is -2.90. The molecule has 7 heteroatoms. The van der Waals surface area contributed by atoms with Crippen molar-refractivity contribution in [1.29, 1.82) is 0 Å².